The smallest absolute Gasteiger partial charge is 0.241 e. The number of anilines is 1. The Hall–Kier alpha value is -2.75. The number of amides is 1. The van der Waals surface area contributed by atoms with E-state index in [9.17, 15) is 4.79 Å². The molecule has 0 N–H and O–H groups in total. The van der Waals surface area contributed by atoms with Gasteiger partial charge in [-0.1, -0.05) is 23.7 Å². The highest BCUT2D eigenvalue weighted by molar-refractivity contribution is 6.30. The predicted molar refractivity (Wildman–Crippen MR) is 120 cm³/mol. The average Bonchev–Trinajstić information content (AvgIpc) is 3.09. The summed E-state index contributed by atoms with van der Waals surface area (Å²) < 4.78 is 11.6. The fourth-order valence-electron chi connectivity index (χ4n) is 4.24. The molecule has 2 aromatic carbocycles. The summed E-state index contributed by atoms with van der Waals surface area (Å²) in [5.41, 5.74) is 1.86. The highest BCUT2D eigenvalue weighted by Crippen LogP contribution is 2.38. The maximum atomic E-state index is 13.3. The van der Waals surface area contributed by atoms with E-state index < -0.39 is 0 Å². The van der Waals surface area contributed by atoms with E-state index in [-0.39, 0.29) is 24.9 Å². The van der Waals surface area contributed by atoms with Crippen LogP contribution in [-0.4, -0.2) is 43.7 Å². The van der Waals surface area contributed by atoms with Crippen LogP contribution < -0.4 is 14.4 Å². The second-order valence-electron chi connectivity index (χ2n) is 7.82. The van der Waals surface area contributed by atoms with Crippen molar-refractivity contribution in [3.05, 3.63) is 53.1 Å². The molecule has 1 fully saturated rings. The number of benzene rings is 2. The summed E-state index contributed by atoms with van der Waals surface area (Å²) in [6.07, 6.45) is 3.16. The Bertz CT molecular complexity index is 975. The molecule has 31 heavy (non-hydrogen) atoms. The minimum absolute atomic E-state index is 0.0289. The van der Waals surface area contributed by atoms with E-state index in [1.807, 2.05) is 18.2 Å². The number of carbonyl (C=O) groups excluding carboxylic acids is 1. The van der Waals surface area contributed by atoms with Crippen molar-refractivity contribution in [1.29, 1.82) is 5.26 Å². The fourth-order valence-corrected chi connectivity index (χ4v) is 4.43. The molecule has 162 valence electrons. The number of nitrogens with zero attached hydrogens (tertiary/aromatic N) is 3. The quantitative estimate of drug-likeness (QED) is 0.658. The number of carbonyl (C=O) groups is 1. The van der Waals surface area contributed by atoms with Crippen LogP contribution >= 0.6 is 11.6 Å². The predicted octanol–water partition coefficient (Wildman–Crippen LogP) is 4.59. The van der Waals surface area contributed by atoms with Crippen molar-refractivity contribution in [2.24, 2.45) is 0 Å². The van der Waals surface area contributed by atoms with Crippen molar-refractivity contribution in [2.75, 3.05) is 37.7 Å². The lowest BCUT2D eigenvalue weighted by Gasteiger charge is -2.29. The first-order valence-electron chi connectivity index (χ1n) is 10.7. The third kappa shape index (κ3) is 5.12. The van der Waals surface area contributed by atoms with Crippen LogP contribution in [0.5, 0.6) is 11.5 Å². The lowest BCUT2D eigenvalue weighted by Crippen LogP contribution is -2.40. The maximum absolute atomic E-state index is 13.3. The number of ether oxygens (including phenoxy) is 2. The van der Waals surface area contributed by atoms with Gasteiger partial charge in [0.25, 0.3) is 0 Å². The third-order valence-corrected chi connectivity index (χ3v) is 5.96. The topological polar surface area (TPSA) is 65.8 Å². The lowest BCUT2D eigenvalue weighted by atomic mass is 10.0. The zero-order chi connectivity index (χ0) is 21.6. The van der Waals surface area contributed by atoms with E-state index >= 15 is 0 Å². The molecule has 6 nitrogen and oxygen atoms in total. The molecule has 7 heteroatoms. The van der Waals surface area contributed by atoms with Crippen LogP contribution in [0.2, 0.25) is 5.02 Å². The Morgan fingerprint density at radius 2 is 2.00 bits per heavy atom. The molecular formula is C24H26ClN3O3. The minimum Gasteiger partial charge on any atom is -0.490 e. The Morgan fingerprint density at radius 1 is 1.16 bits per heavy atom. The first-order valence-corrected chi connectivity index (χ1v) is 11.1. The van der Waals surface area contributed by atoms with E-state index in [1.165, 1.54) is 0 Å². The summed E-state index contributed by atoms with van der Waals surface area (Å²) in [7, 11) is 0. The summed E-state index contributed by atoms with van der Waals surface area (Å²) in [5.74, 6) is 1.53. The van der Waals surface area contributed by atoms with Gasteiger partial charge in [-0.05, 0) is 55.3 Å². The average molecular weight is 440 g/mol. The summed E-state index contributed by atoms with van der Waals surface area (Å²) in [4.78, 5) is 17.1. The number of fused-ring (bicyclic) bond motifs is 1. The van der Waals surface area contributed by atoms with Crippen molar-refractivity contribution in [3.8, 4) is 17.6 Å². The van der Waals surface area contributed by atoms with Crippen molar-refractivity contribution in [3.63, 3.8) is 0 Å². The molecule has 2 aliphatic heterocycles. The third-order valence-electron chi connectivity index (χ3n) is 5.73. The van der Waals surface area contributed by atoms with Crippen LogP contribution in [0, 0.1) is 11.3 Å². The monoisotopic (exact) mass is 439 g/mol. The largest absolute Gasteiger partial charge is 0.490 e. The number of hydrogen-bond acceptors (Lipinski definition) is 5. The molecule has 0 radical (unpaired) electrons. The molecular weight excluding hydrogens is 414 g/mol. The number of halogens is 1. The van der Waals surface area contributed by atoms with E-state index in [0.717, 1.165) is 48.6 Å². The molecule has 0 spiro atoms. The van der Waals surface area contributed by atoms with Crippen molar-refractivity contribution >= 4 is 23.2 Å². The second kappa shape index (κ2) is 10.0. The molecule has 4 rings (SSSR count). The van der Waals surface area contributed by atoms with Gasteiger partial charge in [0, 0.05) is 29.7 Å². The van der Waals surface area contributed by atoms with Crippen LogP contribution in [0.25, 0.3) is 0 Å². The normalized spacial score (nSPS) is 18.3. The Labute approximate surface area is 187 Å². The van der Waals surface area contributed by atoms with Gasteiger partial charge in [-0.15, -0.1) is 0 Å². The van der Waals surface area contributed by atoms with Crippen molar-refractivity contribution in [1.82, 2.24) is 4.90 Å². The molecule has 0 saturated carbocycles. The Kier molecular flexibility index (Phi) is 6.96. The standard InChI is InChI=1S/C24H26ClN3O3/c25-19-5-1-6-20(16-19)28(12-3-10-26)24(29)17-27-11-2-7-21(27)18-8-9-22-23(15-18)31-14-4-13-30-22/h1,5-6,8-9,15-16,21H,2-4,7,11-14,17H2/t21-/m0/s1. The molecule has 1 atom stereocenters. The molecule has 2 aliphatic rings. The number of likely N-dealkylation sites (tertiary alicyclic amines) is 1. The van der Waals surface area contributed by atoms with E-state index in [4.69, 9.17) is 26.3 Å². The van der Waals surface area contributed by atoms with Gasteiger partial charge in [-0.3, -0.25) is 9.69 Å². The Balaban J connectivity index is 1.51. The highest BCUT2D eigenvalue weighted by Gasteiger charge is 2.30. The summed E-state index contributed by atoms with van der Waals surface area (Å²) in [6, 6.07) is 15.6. The number of nitriles is 1. The van der Waals surface area contributed by atoms with Crippen molar-refractivity contribution < 1.29 is 14.3 Å². The van der Waals surface area contributed by atoms with Gasteiger partial charge >= 0.3 is 0 Å². The SMILES string of the molecule is N#CCCN(C(=O)CN1CCC[C@H]1c1ccc2c(c1)OCCCO2)c1cccc(Cl)c1. The summed E-state index contributed by atoms with van der Waals surface area (Å²) in [5, 5.41) is 9.61. The Morgan fingerprint density at radius 3 is 2.81 bits per heavy atom. The van der Waals surface area contributed by atoms with Crippen LogP contribution in [0.4, 0.5) is 5.69 Å². The number of hydrogen-bond donors (Lipinski definition) is 0. The zero-order valence-corrected chi connectivity index (χ0v) is 18.2. The van der Waals surface area contributed by atoms with Gasteiger partial charge in [0.15, 0.2) is 11.5 Å². The summed E-state index contributed by atoms with van der Waals surface area (Å²) >= 11 is 6.14. The molecule has 0 aromatic heterocycles. The fraction of sp³-hybridized carbons (Fsp3) is 0.417. The van der Waals surface area contributed by atoms with Crippen LogP contribution in [-0.2, 0) is 4.79 Å². The van der Waals surface area contributed by atoms with Gasteiger partial charge in [-0.2, -0.15) is 5.26 Å². The van der Waals surface area contributed by atoms with Crippen LogP contribution in [0.3, 0.4) is 0 Å². The van der Waals surface area contributed by atoms with Gasteiger partial charge < -0.3 is 14.4 Å². The first-order chi connectivity index (χ1) is 15.2. The van der Waals surface area contributed by atoms with E-state index in [1.54, 1.807) is 17.0 Å². The summed E-state index contributed by atoms with van der Waals surface area (Å²) in [6.45, 7) is 2.80. The molecule has 1 amide bonds. The number of rotatable bonds is 6. The van der Waals surface area contributed by atoms with Crippen LogP contribution in [0.15, 0.2) is 42.5 Å². The second-order valence-corrected chi connectivity index (χ2v) is 8.25. The highest BCUT2D eigenvalue weighted by atomic mass is 35.5. The van der Waals surface area contributed by atoms with Crippen LogP contribution in [0.1, 0.15) is 37.3 Å². The molecule has 0 bridgehead atoms. The van der Waals surface area contributed by atoms with Crippen molar-refractivity contribution in [2.45, 2.75) is 31.7 Å². The first kappa shape index (κ1) is 21.5. The van der Waals surface area contributed by atoms with Gasteiger partial charge in [-0.25, -0.2) is 0 Å². The van der Waals surface area contributed by atoms with Gasteiger partial charge in [0.05, 0.1) is 32.2 Å². The van der Waals surface area contributed by atoms with Gasteiger partial charge in [0.2, 0.25) is 5.91 Å². The zero-order valence-electron chi connectivity index (χ0n) is 17.4. The molecule has 0 aliphatic carbocycles. The maximum Gasteiger partial charge on any atom is 0.241 e. The molecule has 1 saturated heterocycles. The molecule has 0 unspecified atom stereocenters. The van der Waals surface area contributed by atoms with E-state index in [2.05, 4.69) is 23.1 Å². The van der Waals surface area contributed by atoms with Gasteiger partial charge in [0.1, 0.15) is 0 Å². The van der Waals surface area contributed by atoms with E-state index in [0.29, 0.717) is 24.8 Å². The molecule has 2 aromatic rings. The molecule has 2 heterocycles. The minimum atomic E-state index is -0.0289. The lowest BCUT2D eigenvalue weighted by molar-refractivity contribution is -0.120.